The maximum absolute atomic E-state index is 5.81. The van der Waals surface area contributed by atoms with Gasteiger partial charge in [0.25, 0.3) is 0 Å². The third kappa shape index (κ3) is 2.80. The van der Waals surface area contributed by atoms with Crippen LogP contribution in [0, 0.1) is 6.92 Å². The fourth-order valence-electron chi connectivity index (χ4n) is 2.10. The molecular weight excluding hydrogens is 206 g/mol. The molecule has 0 aromatic carbocycles. The van der Waals surface area contributed by atoms with E-state index >= 15 is 0 Å². The highest BCUT2D eigenvalue weighted by Gasteiger charge is 2.20. The Kier molecular flexibility index (Phi) is 3.90. The van der Waals surface area contributed by atoms with Crippen LogP contribution < -0.4 is 5.32 Å². The van der Waals surface area contributed by atoms with Crippen molar-refractivity contribution in [2.45, 2.75) is 51.4 Å². The Morgan fingerprint density at radius 1 is 1.31 bits per heavy atom. The predicted molar refractivity (Wildman–Crippen MR) is 58.9 cm³/mol. The second-order valence-electron chi connectivity index (χ2n) is 4.37. The lowest BCUT2D eigenvalue weighted by atomic mass is 9.93. The van der Waals surface area contributed by atoms with Gasteiger partial charge < -0.3 is 10.1 Å². The number of nitrogens with one attached hydrogen (secondary N) is 1. The van der Waals surface area contributed by atoms with Crippen molar-refractivity contribution in [3.05, 3.63) is 11.4 Å². The fraction of sp³-hybridized carbons (Fsp3) is 0.818. The molecular formula is C11H19N3O2. The Morgan fingerprint density at radius 2 is 2.06 bits per heavy atom. The van der Waals surface area contributed by atoms with Crippen molar-refractivity contribution in [2.75, 3.05) is 7.05 Å². The average Bonchev–Trinajstić information content (AvgIpc) is 2.73. The normalized spacial score (nSPS) is 25.9. The van der Waals surface area contributed by atoms with Crippen LogP contribution in [0.15, 0.2) is 4.63 Å². The van der Waals surface area contributed by atoms with Crippen molar-refractivity contribution in [3.63, 3.8) is 0 Å². The van der Waals surface area contributed by atoms with Gasteiger partial charge in [0.2, 0.25) is 0 Å². The minimum Gasteiger partial charge on any atom is -0.372 e. The van der Waals surface area contributed by atoms with Crippen LogP contribution in [-0.4, -0.2) is 29.5 Å². The van der Waals surface area contributed by atoms with E-state index in [0.717, 1.165) is 24.2 Å². The lowest BCUT2D eigenvalue weighted by Gasteiger charge is -2.27. The summed E-state index contributed by atoms with van der Waals surface area (Å²) in [6.07, 6.45) is 4.99. The summed E-state index contributed by atoms with van der Waals surface area (Å²) in [6, 6.07) is 0.662. The molecule has 1 aliphatic rings. The van der Waals surface area contributed by atoms with Crippen molar-refractivity contribution in [1.29, 1.82) is 0 Å². The van der Waals surface area contributed by atoms with E-state index in [2.05, 4.69) is 20.3 Å². The molecule has 0 radical (unpaired) electrons. The van der Waals surface area contributed by atoms with Gasteiger partial charge >= 0.3 is 0 Å². The molecule has 1 aromatic heterocycles. The van der Waals surface area contributed by atoms with E-state index in [-0.39, 0.29) is 0 Å². The van der Waals surface area contributed by atoms with Gasteiger partial charge in [-0.15, -0.1) is 0 Å². The molecule has 1 fully saturated rings. The zero-order chi connectivity index (χ0) is 11.4. The van der Waals surface area contributed by atoms with Gasteiger partial charge in [0.1, 0.15) is 11.4 Å². The maximum Gasteiger partial charge on any atom is 0.133 e. The molecule has 0 atom stereocenters. The van der Waals surface area contributed by atoms with Gasteiger partial charge in [-0.3, -0.25) is 0 Å². The highest BCUT2D eigenvalue weighted by molar-refractivity contribution is 5.02. The van der Waals surface area contributed by atoms with E-state index in [1.54, 1.807) is 0 Å². The molecule has 0 bridgehead atoms. The molecule has 1 aromatic rings. The van der Waals surface area contributed by atoms with Crippen LogP contribution in [0.3, 0.4) is 0 Å². The van der Waals surface area contributed by atoms with Crippen molar-refractivity contribution >= 4 is 0 Å². The number of hydrogen-bond donors (Lipinski definition) is 1. The van der Waals surface area contributed by atoms with Crippen LogP contribution in [0.2, 0.25) is 0 Å². The number of nitrogens with zero attached hydrogens (tertiary/aromatic N) is 2. The van der Waals surface area contributed by atoms with Crippen LogP contribution in [-0.2, 0) is 11.3 Å². The summed E-state index contributed by atoms with van der Waals surface area (Å²) in [4.78, 5) is 0. The molecule has 0 aliphatic heterocycles. The average molecular weight is 225 g/mol. The second kappa shape index (κ2) is 5.41. The van der Waals surface area contributed by atoms with Gasteiger partial charge in [0.15, 0.2) is 0 Å². The number of ether oxygens (including phenoxy) is 1. The lowest BCUT2D eigenvalue weighted by Crippen LogP contribution is -2.32. The van der Waals surface area contributed by atoms with Crippen molar-refractivity contribution in [1.82, 2.24) is 15.6 Å². The van der Waals surface area contributed by atoms with Crippen molar-refractivity contribution < 1.29 is 9.37 Å². The third-order valence-corrected chi connectivity index (χ3v) is 3.28. The van der Waals surface area contributed by atoms with Crippen molar-refractivity contribution in [3.8, 4) is 0 Å². The molecule has 1 N–H and O–H groups in total. The quantitative estimate of drug-likeness (QED) is 0.839. The molecule has 0 spiro atoms. The Balaban J connectivity index is 1.73. The first-order valence-corrected chi connectivity index (χ1v) is 5.86. The molecule has 0 saturated heterocycles. The number of hydrogen-bond acceptors (Lipinski definition) is 5. The predicted octanol–water partition coefficient (Wildman–Crippen LogP) is 1.43. The maximum atomic E-state index is 5.81. The minimum absolute atomic E-state index is 0.362. The van der Waals surface area contributed by atoms with Gasteiger partial charge in [0.05, 0.1) is 12.7 Å². The smallest absolute Gasteiger partial charge is 0.133 e. The first kappa shape index (κ1) is 11.5. The molecule has 5 heteroatoms. The highest BCUT2D eigenvalue weighted by Crippen LogP contribution is 2.21. The van der Waals surface area contributed by atoms with E-state index in [1.165, 1.54) is 12.8 Å². The highest BCUT2D eigenvalue weighted by atomic mass is 16.6. The lowest BCUT2D eigenvalue weighted by molar-refractivity contribution is 0.00904. The molecule has 90 valence electrons. The summed E-state index contributed by atoms with van der Waals surface area (Å²) < 4.78 is 10.4. The van der Waals surface area contributed by atoms with Gasteiger partial charge in [-0.1, -0.05) is 10.3 Å². The SMILES string of the molecule is CNC1CCC(OCc2nonc2C)CC1. The van der Waals surface area contributed by atoms with Gasteiger partial charge in [-0.2, -0.15) is 0 Å². The molecule has 2 rings (SSSR count). The molecule has 5 nitrogen and oxygen atoms in total. The van der Waals surface area contributed by atoms with Crippen LogP contribution >= 0.6 is 0 Å². The van der Waals surface area contributed by atoms with Crippen molar-refractivity contribution in [2.24, 2.45) is 0 Å². The number of aromatic nitrogens is 2. The van der Waals surface area contributed by atoms with E-state index < -0.39 is 0 Å². The molecule has 1 heterocycles. The summed E-state index contributed by atoms with van der Waals surface area (Å²) >= 11 is 0. The molecule has 0 amide bonds. The summed E-state index contributed by atoms with van der Waals surface area (Å²) in [5, 5.41) is 10.8. The first-order valence-electron chi connectivity index (χ1n) is 5.86. The Labute approximate surface area is 95.5 Å². The standard InChI is InChI=1S/C11H19N3O2/c1-8-11(14-16-13-8)7-15-10-5-3-9(12-2)4-6-10/h9-10,12H,3-7H2,1-2H3. The van der Waals surface area contributed by atoms with E-state index in [0.29, 0.717) is 18.8 Å². The third-order valence-electron chi connectivity index (χ3n) is 3.28. The minimum atomic E-state index is 0.362. The first-order chi connectivity index (χ1) is 7.79. The fourth-order valence-corrected chi connectivity index (χ4v) is 2.10. The molecule has 16 heavy (non-hydrogen) atoms. The number of rotatable bonds is 4. The van der Waals surface area contributed by atoms with E-state index in [1.807, 2.05) is 14.0 Å². The topological polar surface area (TPSA) is 60.2 Å². The van der Waals surface area contributed by atoms with Crippen LogP contribution in [0.1, 0.15) is 37.1 Å². The second-order valence-corrected chi connectivity index (χ2v) is 4.37. The summed E-state index contributed by atoms with van der Waals surface area (Å²) in [7, 11) is 2.02. The Bertz CT molecular complexity index is 319. The summed E-state index contributed by atoms with van der Waals surface area (Å²) in [6.45, 7) is 2.40. The van der Waals surface area contributed by atoms with Crippen LogP contribution in [0.4, 0.5) is 0 Å². The summed E-state index contributed by atoms with van der Waals surface area (Å²) in [5.41, 5.74) is 1.64. The van der Waals surface area contributed by atoms with Gasteiger partial charge in [0, 0.05) is 6.04 Å². The molecule has 1 saturated carbocycles. The van der Waals surface area contributed by atoms with Crippen LogP contribution in [0.25, 0.3) is 0 Å². The Hall–Kier alpha value is -0.940. The van der Waals surface area contributed by atoms with E-state index in [4.69, 9.17) is 4.74 Å². The molecule has 0 unspecified atom stereocenters. The van der Waals surface area contributed by atoms with E-state index in [9.17, 15) is 0 Å². The van der Waals surface area contributed by atoms with Gasteiger partial charge in [-0.25, -0.2) is 4.63 Å². The monoisotopic (exact) mass is 225 g/mol. The largest absolute Gasteiger partial charge is 0.372 e. The zero-order valence-corrected chi connectivity index (χ0v) is 9.90. The molecule has 1 aliphatic carbocycles. The Morgan fingerprint density at radius 3 is 2.62 bits per heavy atom. The number of aryl methyl sites for hydroxylation is 1. The summed E-state index contributed by atoms with van der Waals surface area (Å²) in [5.74, 6) is 0. The van der Waals surface area contributed by atoms with Crippen LogP contribution in [0.5, 0.6) is 0 Å². The van der Waals surface area contributed by atoms with Gasteiger partial charge in [-0.05, 0) is 39.7 Å². The zero-order valence-electron chi connectivity index (χ0n) is 9.90.